The number of benzene rings is 2. The molecule has 0 fully saturated rings. The fraction of sp³-hybridized carbons (Fsp3) is 0.174. The molecule has 0 saturated carbocycles. The third kappa shape index (κ3) is 3.39. The molecule has 1 N–H and O–H groups in total. The van der Waals surface area contributed by atoms with Crippen LogP contribution in [0.5, 0.6) is 0 Å². The van der Waals surface area contributed by atoms with Crippen molar-refractivity contribution in [2.24, 2.45) is 0 Å². The van der Waals surface area contributed by atoms with Crippen molar-refractivity contribution < 1.29 is 9.59 Å². The van der Waals surface area contributed by atoms with Crippen molar-refractivity contribution in [2.75, 3.05) is 10.2 Å². The van der Waals surface area contributed by atoms with Crippen LogP contribution in [-0.2, 0) is 6.42 Å². The first-order valence-corrected chi connectivity index (χ1v) is 9.28. The first-order chi connectivity index (χ1) is 13.5. The number of hydrogen-bond acceptors (Lipinski definition) is 4. The molecule has 1 atom stereocenters. The van der Waals surface area contributed by atoms with Crippen LogP contribution in [0.2, 0.25) is 0 Å². The second kappa shape index (κ2) is 7.27. The van der Waals surface area contributed by atoms with E-state index in [0.717, 1.165) is 17.8 Å². The number of ketones is 1. The Morgan fingerprint density at radius 2 is 1.86 bits per heavy atom. The lowest BCUT2D eigenvalue weighted by molar-refractivity contribution is 0.0979. The van der Waals surface area contributed by atoms with Gasteiger partial charge < -0.3 is 10.2 Å². The quantitative estimate of drug-likeness (QED) is 0.680. The Hall–Kier alpha value is -3.47. The first-order valence-electron chi connectivity index (χ1n) is 9.28. The lowest BCUT2D eigenvalue weighted by Crippen LogP contribution is -2.35. The lowest BCUT2D eigenvalue weighted by Gasteiger charge is -2.23. The molecule has 5 nitrogen and oxygen atoms in total. The van der Waals surface area contributed by atoms with Gasteiger partial charge in [0.05, 0.1) is 0 Å². The van der Waals surface area contributed by atoms with Gasteiger partial charge in [0.25, 0.3) is 5.91 Å². The maximum Gasteiger partial charge on any atom is 0.258 e. The third-order valence-corrected chi connectivity index (χ3v) is 4.97. The molecule has 2 heterocycles. The lowest BCUT2D eigenvalue weighted by atomic mass is 10.1. The highest BCUT2D eigenvalue weighted by Crippen LogP contribution is 2.33. The average molecular weight is 371 g/mol. The van der Waals surface area contributed by atoms with Crippen LogP contribution in [0, 0.1) is 0 Å². The van der Waals surface area contributed by atoms with Gasteiger partial charge in [-0.05, 0) is 56.2 Å². The molecule has 4 rings (SSSR count). The smallest absolute Gasteiger partial charge is 0.258 e. The van der Waals surface area contributed by atoms with Crippen LogP contribution in [0.1, 0.15) is 40.1 Å². The van der Waals surface area contributed by atoms with Crippen molar-refractivity contribution in [1.82, 2.24) is 4.98 Å². The van der Waals surface area contributed by atoms with E-state index < -0.39 is 0 Å². The van der Waals surface area contributed by atoms with Gasteiger partial charge in [-0.3, -0.25) is 9.59 Å². The minimum absolute atomic E-state index is 0.00206. The van der Waals surface area contributed by atoms with E-state index >= 15 is 0 Å². The Bertz CT molecular complexity index is 1060. The van der Waals surface area contributed by atoms with Crippen LogP contribution < -0.4 is 10.2 Å². The van der Waals surface area contributed by atoms with E-state index in [9.17, 15) is 9.59 Å². The second-order valence-electron chi connectivity index (χ2n) is 7.05. The van der Waals surface area contributed by atoms with Crippen molar-refractivity contribution in [1.29, 1.82) is 0 Å². The topological polar surface area (TPSA) is 62.3 Å². The highest BCUT2D eigenvalue weighted by Gasteiger charge is 2.31. The third-order valence-electron chi connectivity index (χ3n) is 4.97. The van der Waals surface area contributed by atoms with E-state index in [1.54, 1.807) is 30.5 Å². The molecule has 140 valence electrons. The largest absolute Gasteiger partial charge is 0.340 e. The molecule has 1 aliphatic rings. The number of carbonyl (C=O) groups is 2. The van der Waals surface area contributed by atoms with Crippen LogP contribution in [0.15, 0.2) is 66.9 Å². The average Bonchev–Trinajstić information content (AvgIpc) is 3.03. The van der Waals surface area contributed by atoms with Crippen molar-refractivity contribution >= 4 is 28.9 Å². The maximum absolute atomic E-state index is 13.2. The summed E-state index contributed by atoms with van der Waals surface area (Å²) in [7, 11) is 0. The van der Waals surface area contributed by atoms with Crippen molar-refractivity contribution in [3.63, 3.8) is 0 Å². The number of para-hydroxylation sites is 1. The molecule has 0 bridgehead atoms. The van der Waals surface area contributed by atoms with Crippen LogP contribution >= 0.6 is 0 Å². The Kier molecular flexibility index (Phi) is 4.65. The van der Waals surface area contributed by atoms with Crippen molar-refractivity contribution in [3.05, 3.63) is 83.6 Å². The zero-order chi connectivity index (χ0) is 19.7. The summed E-state index contributed by atoms with van der Waals surface area (Å²) in [4.78, 5) is 30.9. The number of amides is 1. The normalized spacial score (nSPS) is 15.2. The van der Waals surface area contributed by atoms with E-state index in [-0.39, 0.29) is 17.7 Å². The van der Waals surface area contributed by atoms with Gasteiger partial charge in [0, 0.05) is 34.7 Å². The Balaban J connectivity index is 1.60. The van der Waals surface area contributed by atoms with E-state index in [1.165, 1.54) is 12.5 Å². The summed E-state index contributed by atoms with van der Waals surface area (Å²) in [6.45, 7) is 3.59. The standard InChI is InChI=1S/C23H21N3O2/c1-15-12-18-6-3-4-9-21(18)26(15)23(28)19-10-11-24-22(14-19)25-20-8-5-7-17(13-20)16(2)27/h3-11,13-15H,12H2,1-2H3,(H,24,25). The number of aromatic nitrogens is 1. The SMILES string of the molecule is CC(=O)c1cccc(Nc2cc(C(=O)N3c4ccccc4CC3C)ccn2)c1. The van der Waals surface area contributed by atoms with Gasteiger partial charge in [0.1, 0.15) is 5.82 Å². The van der Waals surface area contributed by atoms with Gasteiger partial charge in [-0.25, -0.2) is 4.98 Å². The second-order valence-corrected chi connectivity index (χ2v) is 7.05. The molecule has 3 aromatic rings. The van der Waals surface area contributed by atoms with Crippen molar-refractivity contribution in [2.45, 2.75) is 26.3 Å². The zero-order valence-electron chi connectivity index (χ0n) is 15.8. The summed E-state index contributed by atoms with van der Waals surface area (Å²) in [6.07, 6.45) is 2.48. The Labute approximate surface area is 164 Å². The Morgan fingerprint density at radius 1 is 1.04 bits per heavy atom. The summed E-state index contributed by atoms with van der Waals surface area (Å²) in [5.74, 6) is 0.522. The van der Waals surface area contributed by atoms with E-state index in [0.29, 0.717) is 16.9 Å². The van der Waals surface area contributed by atoms with Gasteiger partial charge in [0.2, 0.25) is 0 Å². The molecule has 1 aliphatic heterocycles. The van der Waals surface area contributed by atoms with Crippen LogP contribution in [-0.4, -0.2) is 22.7 Å². The summed E-state index contributed by atoms with van der Waals surface area (Å²) in [5, 5.41) is 3.18. The monoisotopic (exact) mass is 371 g/mol. The number of pyridine rings is 1. The molecule has 5 heteroatoms. The van der Waals surface area contributed by atoms with Gasteiger partial charge in [0.15, 0.2) is 5.78 Å². The predicted octanol–water partition coefficient (Wildman–Crippen LogP) is 4.62. The molecule has 1 aromatic heterocycles. The first kappa shape index (κ1) is 17.9. The molecule has 1 amide bonds. The fourth-order valence-corrected chi connectivity index (χ4v) is 3.61. The van der Waals surface area contributed by atoms with Crippen LogP contribution in [0.3, 0.4) is 0 Å². The summed E-state index contributed by atoms with van der Waals surface area (Å²) < 4.78 is 0. The summed E-state index contributed by atoms with van der Waals surface area (Å²) >= 11 is 0. The summed E-state index contributed by atoms with van der Waals surface area (Å²) in [6, 6.07) is 18.8. The minimum Gasteiger partial charge on any atom is -0.340 e. The molecule has 1 unspecified atom stereocenters. The highest BCUT2D eigenvalue weighted by atomic mass is 16.2. The number of hydrogen-bond donors (Lipinski definition) is 1. The molecule has 0 saturated heterocycles. The Morgan fingerprint density at radius 3 is 2.68 bits per heavy atom. The summed E-state index contributed by atoms with van der Waals surface area (Å²) in [5.41, 5.74) is 4.12. The van der Waals surface area contributed by atoms with Crippen LogP contribution in [0.25, 0.3) is 0 Å². The molecule has 2 aromatic carbocycles. The number of nitrogens with zero attached hydrogens (tertiary/aromatic N) is 2. The predicted molar refractivity (Wildman–Crippen MR) is 110 cm³/mol. The van der Waals surface area contributed by atoms with E-state index in [4.69, 9.17) is 0 Å². The van der Waals surface area contributed by atoms with Gasteiger partial charge in [-0.2, -0.15) is 0 Å². The zero-order valence-corrected chi connectivity index (χ0v) is 15.8. The number of rotatable bonds is 4. The van der Waals surface area contributed by atoms with Crippen molar-refractivity contribution in [3.8, 4) is 0 Å². The van der Waals surface area contributed by atoms with Gasteiger partial charge in [-0.1, -0.05) is 30.3 Å². The minimum atomic E-state index is -0.0413. The van der Waals surface area contributed by atoms with Gasteiger partial charge >= 0.3 is 0 Å². The molecule has 0 spiro atoms. The van der Waals surface area contributed by atoms with E-state index in [1.807, 2.05) is 35.2 Å². The molecule has 0 aliphatic carbocycles. The molecule has 0 radical (unpaired) electrons. The molecular weight excluding hydrogens is 350 g/mol. The number of fused-ring (bicyclic) bond motifs is 1. The fourth-order valence-electron chi connectivity index (χ4n) is 3.61. The molecular formula is C23H21N3O2. The van der Waals surface area contributed by atoms with E-state index in [2.05, 4.69) is 23.3 Å². The number of carbonyl (C=O) groups excluding carboxylic acids is 2. The number of Topliss-reactive ketones (excluding diaryl/α,β-unsaturated/α-hetero) is 1. The molecule has 28 heavy (non-hydrogen) atoms. The van der Waals surface area contributed by atoms with Crippen LogP contribution in [0.4, 0.5) is 17.2 Å². The highest BCUT2D eigenvalue weighted by molar-refractivity contribution is 6.08. The van der Waals surface area contributed by atoms with Gasteiger partial charge in [-0.15, -0.1) is 0 Å². The number of nitrogens with one attached hydrogen (secondary N) is 1. The maximum atomic E-state index is 13.2. The number of anilines is 3.